The standard InChI is InChI=1S/C5H12O4.C3H10O3Si/c6-1-5(2-7,3-8)4-9;1-4-7(5-2)6-3/h6-9H,1-4H2;7H,1-3H3. The normalized spacial score (nSPS) is 11.2. The van der Waals surface area contributed by atoms with Crippen molar-refractivity contribution in [3.05, 3.63) is 0 Å². The lowest BCUT2D eigenvalue weighted by molar-refractivity contribution is -0.0328. The highest BCUT2D eigenvalue weighted by atomic mass is 28.3. The summed E-state index contributed by atoms with van der Waals surface area (Å²) >= 11 is 0. The van der Waals surface area contributed by atoms with Crippen LogP contribution in [0.25, 0.3) is 0 Å². The van der Waals surface area contributed by atoms with Crippen LogP contribution in [0.4, 0.5) is 0 Å². The van der Waals surface area contributed by atoms with Crippen molar-refractivity contribution in [1.82, 2.24) is 0 Å². The number of aliphatic hydroxyl groups excluding tert-OH is 4. The zero-order valence-electron chi connectivity index (χ0n) is 9.92. The van der Waals surface area contributed by atoms with Gasteiger partial charge in [-0.25, -0.2) is 0 Å². The van der Waals surface area contributed by atoms with Crippen LogP contribution in [0.5, 0.6) is 0 Å². The maximum Gasteiger partial charge on any atom is 0.483 e. The van der Waals surface area contributed by atoms with Crippen molar-refractivity contribution in [2.75, 3.05) is 47.8 Å². The van der Waals surface area contributed by atoms with Gasteiger partial charge in [0, 0.05) is 21.3 Å². The molecular weight excluding hydrogens is 236 g/mol. The van der Waals surface area contributed by atoms with Gasteiger partial charge < -0.3 is 33.7 Å². The van der Waals surface area contributed by atoms with Gasteiger partial charge in [-0.15, -0.1) is 0 Å². The Morgan fingerprint density at radius 2 is 1.00 bits per heavy atom. The molecule has 0 aliphatic carbocycles. The first-order chi connectivity index (χ1) is 7.59. The Labute approximate surface area is 97.2 Å². The average Bonchev–Trinajstić information content (AvgIpc) is 2.36. The molecule has 0 aromatic heterocycles. The van der Waals surface area contributed by atoms with E-state index in [0.29, 0.717) is 0 Å². The number of hydrogen-bond donors (Lipinski definition) is 4. The van der Waals surface area contributed by atoms with E-state index in [1.165, 1.54) is 0 Å². The molecule has 4 N–H and O–H groups in total. The predicted octanol–water partition coefficient (Wildman–Crippen LogP) is -2.42. The van der Waals surface area contributed by atoms with Crippen LogP contribution in [-0.4, -0.2) is 77.7 Å². The molecule has 0 amide bonds. The Bertz CT molecular complexity index is 115. The van der Waals surface area contributed by atoms with E-state index in [1.54, 1.807) is 21.3 Å². The summed E-state index contributed by atoms with van der Waals surface area (Å²) in [5.74, 6) is 0. The Hall–Kier alpha value is -0.0631. The molecule has 0 saturated heterocycles. The summed E-state index contributed by atoms with van der Waals surface area (Å²) in [6.07, 6.45) is 0. The van der Waals surface area contributed by atoms with E-state index in [9.17, 15) is 0 Å². The van der Waals surface area contributed by atoms with Crippen LogP contribution in [0.1, 0.15) is 0 Å². The lowest BCUT2D eigenvalue weighted by Crippen LogP contribution is -2.37. The quantitative estimate of drug-likeness (QED) is 0.376. The predicted molar refractivity (Wildman–Crippen MR) is 59.0 cm³/mol. The molecule has 0 aliphatic heterocycles. The third-order valence-electron chi connectivity index (χ3n) is 1.92. The lowest BCUT2D eigenvalue weighted by Gasteiger charge is -2.23. The summed E-state index contributed by atoms with van der Waals surface area (Å²) in [5, 5.41) is 34.0. The van der Waals surface area contributed by atoms with E-state index in [1.807, 2.05) is 0 Å². The van der Waals surface area contributed by atoms with Crippen molar-refractivity contribution < 1.29 is 33.7 Å². The minimum atomic E-state index is -1.67. The third kappa shape index (κ3) is 7.25. The van der Waals surface area contributed by atoms with Crippen molar-refractivity contribution >= 4 is 9.53 Å². The molecule has 16 heavy (non-hydrogen) atoms. The zero-order valence-corrected chi connectivity index (χ0v) is 11.1. The molecule has 0 atom stereocenters. The van der Waals surface area contributed by atoms with Crippen molar-refractivity contribution in [3.8, 4) is 0 Å². The molecule has 0 unspecified atom stereocenters. The molecule has 0 rings (SSSR count). The van der Waals surface area contributed by atoms with Gasteiger partial charge in [0.2, 0.25) is 0 Å². The molecule has 0 aromatic carbocycles. The van der Waals surface area contributed by atoms with Crippen LogP contribution < -0.4 is 0 Å². The molecular formula is C8H22O7Si. The summed E-state index contributed by atoms with van der Waals surface area (Å²) < 4.78 is 14.2. The second-order valence-electron chi connectivity index (χ2n) is 3.13. The van der Waals surface area contributed by atoms with Crippen LogP contribution in [0, 0.1) is 5.41 Å². The molecule has 7 nitrogen and oxygen atoms in total. The minimum Gasteiger partial charge on any atom is -0.396 e. The maximum absolute atomic E-state index is 8.50. The van der Waals surface area contributed by atoms with Gasteiger partial charge in [-0.1, -0.05) is 0 Å². The summed E-state index contributed by atoms with van der Waals surface area (Å²) in [6.45, 7) is -1.62. The Morgan fingerprint density at radius 1 is 0.750 bits per heavy atom. The van der Waals surface area contributed by atoms with Gasteiger partial charge in [-0.05, 0) is 0 Å². The fourth-order valence-electron chi connectivity index (χ4n) is 0.589. The topological polar surface area (TPSA) is 109 Å². The van der Waals surface area contributed by atoms with Gasteiger partial charge in [-0.2, -0.15) is 0 Å². The summed E-state index contributed by atoms with van der Waals surface area (Å²) in [5.41, 5.74) is -1.11. The van der Waals surface area contributed by atoms with E-state index < -0.39 is 41.4 Å². The SMILES string of the molecule is CO[SiH](OC)OC.OCC(CO)(CO)CO. The van der Waals surface area contributed by atoms with Gasteiger partial charge in [0.25, 0.3) is 0 Å². The molecule has 0 aromatic rings. The Morgan fingerprint density at radius 3 is 1.00 bits per heavy atom. The van der Waals surface area contributed by atoms with Gasteiger partial charge in [0.15, 0.2) is 0 Å². The highest BCUT2D eigenvalue weighted by Gasteiger charge is 2.26. The molecule has 0 fully saturated rings. The molecule has 0 aliphatic rings. The number of rotatable bonds is 7. The maximum atomic E-state index is 8.50. The van der Waals surface area contributed by atoms with Gasteiger partial charge in [0.1, 0.15) is 0 Å². The first kappa shape index (κ1) is 18.3. The first-order valence-electron chi connectivity index (χ1n) is 4.61. The van der Waals surface area contributed by atoms with Crippen molar-refractivity contribution in [3.63, 3.8) is 0 Å². The van der Waals surface area contributed by atoms with E-state index in [4.69, 9.17) is 33.7 Å². The molecule has 8 heteroatoms. The Balaban J connectivity index is 0. The third-order valence-corrected chi connectivity index (χ3v) is 3.07. The highest BCUT2D eigenvalue weighted by molar-refractivity contribution is 6.36. The number of aliphatic hydroxyl groups is 4. The fourth-order valence-corrected chi connectivity index (χ4v) is 1.17. The van der Waals surface area contributed by atoms with E-state index in [0.717, 1.165) is 0 Å². The van der Waals surface area contributed by atoms with E-state index in [-0.39, 0.29) is 0 Å². The minimum absolute atomic E-state index is 0.406. The van der Waals surface area contributed by atoms with Gasteiger partial charge in [0.05, 0.1) is 31.8 Å². The first-order valence-corrected chi connectivity index (χ1v) is 6.03. The second kappa shape index (κ2) is 11.4. The van der Waals surface area contributed by atoms with Gasteiger partial charge in [-0.3, -0.25) is 0 Å². The monoisotopic (exact) mass is 258 g/mol. The molecule has 0 heterocycles. The van der Waals surface area contributed by atoms with E-state index in [2.05, 4.69) is 0 Å². The molecule has 0 bridgehead atoms. The smallest absolute Gasteiger partial charge is 0.396 e. The Kier molecular flexibility index (Phi) is 13.1. The average molecular weight is 258 g/mol. The summed E-state index contributed by atoms with van der Waals surface area (Å²) in [6, 6.07) is 0. The van der Waals surface area contributed by atoms with E-state index >= 15 is 0 Å². The lowest BCUT2D eigenvalue weighted by atomic mass is 9.93. The van der Waals surface area contributed by atoms with Crippen LogP contribution in [0.15, 0.2) is 0 Å². The van der Waals surface area contributed by atoms with Crippen molar-refractivity contribution in [2.45, 2.75) is 0 Å². The van der Waals surface area contributed by atoms with Crippen molar-refractivity contribution in [1.29, 1.82) is 0 Å². The summed E-state index contributed by atoms with van der Waals surface area (Å²) in [7, 11) is 3.05. The van der Waals surface area contributed by atoms with Crippen LogP contribution >= 0.6 is 0 Å². The highest BCUT2D eigenvalue weighted by Crippen LogP contribution is 2.11. The molecule has 0 saturated carbocycles. The largest absolute Gasteiger partial charge is 0.483 e. The number of hydrogen-bond acceptors (Lipinski definition) is 7. The van der Waals surface area contributed by atoms with Crippen LogP contribution in [0.2, 0.25) is 0 Å². The second-order valence-corrected chi connectivity index (χ2v) is 5.12. The van der Waals surface area contributed by atoms with Crippen LogP contribution in [-0.2, 0) is 13.3 Å². The summed E-state index contributed by atoms with van der Waals surface area (Å²) in [4.78, 5) is 0. The zero-order chi connectivity index (χ0) is 13.0. The van der Waals surface area contributed by atoms with Crippen molar-refractivity contribution in [2.24, 2.45) is 5.41 Å². The fraction of sp³-hybridized carbons (Fsp3) is 1.00. The molecule has 0 radical (unpaired) electrons. The molecule has 0 spiro atoms. The molecule has 100 valence electrons. The van der Waals surface area contributed by atoms with Crippen LogP contribution in [0.3, 0.4) is 0 Å². The van der Waals surface area contributed by atoms with Gasteiger partial charge >= 0.3 is 9.53 Å².